The predicted octanol–water partition coefficient (Wildman–Crippen LogP) is 1.95. The standard InChI is InChI=1S/C13H24N2O/c14-13(16)12(10-6-5-7-10)15-11-8-3-1-2-4-9-11/h10-12,15H,1-9H2,(H2,14,16). The fraction of sp³-hybridized carbons (Fsp3) is 0.923. The van der Waals surface area contributed by atoms with Crippen LogP contribution in [-0.2, 0) is 4.79 Å². The molecule has 2 aliphatic carbocycles. The molecule has 0 heterocycles. The summed E-state index contributed by atoms with van der Waals surface area (Å²) in [6, 6.07) is 0.470. The Kier molecular flexibility index (Phi) is 4.22. The van der Waals surface area contributed by atoms with Gasteiger partial charge in [-0.1, -0.05) is 32.1 Å². The number of hydrogen-bond acceptors (Lipinski definition) is 2. The second-order valence-corrected chi connectivity index (χ2v) is 5.43. The van der Waals surface area contributed by atoms with E-state index in [0.29, 0.717) is 12.0 Å². The van der Waals surface area contributed by atoms with Crippen LogP contribution in [0.2, 0.25) is 0 Å². The second-order valence-electron chi connectivity index (χ2n) is 5.43. The highest BCUT2D eigenvalue weighted by molar-refractivity contribution is 5.80. The van der Waals surface area contributed by atoms with Gasteiger partial charge in [0.05, 0.1) is 6.04 Å². The van der Waals surface area contributed by atoms with Gasteiger partial charge in [0.2, 0.25) is 5.91 Å². The number of carbonyl (C=O) groups excluding carboxylic acids is 1. The Balaban J connectivity index is 1.85. The van der Waals surface area contributed by atoms with Crippen molar-refractivity contribution in [1.29, 1.82) is 0 Å². The van der Waals surface area contributed by atoms with E-state index in [2.05, 4.69) is 5.32 Å². The van der Waals surface area contributed by atoms with Crippen LogP contribution in [0.1, 0.15) is 57.8 Å². The summed E-state index contributed by atoms with van der Waals surface area (Å²) in [7, 11) is 0. The monoisotopic (exact) mass is 224 g/mol. The summed E-state index contributed by atoms with van der Waals surface area (Å²) < 4.78 is 0. The average molecular weight is 224 g/mol. The summed E-state index contributed by atoms with van der Waals surface area (Å²) >= 11 is 0. The third-order valence-electron chi connectivity index (χ3n) is 4.20. The summed E-state index contributed by atoms with van der Waals surface area (Å²) in [5, 5.41) is 3.52. The fourth-order valence-corrected chi connectivity index (χ4v) is 2.92. The zero-order chi connectivity index (χ0) is 11.4. The summed E-state index contributed by atoms with van der Waals surface area (Å²) in [6.45, 7) is 0. The van der Waals surface area contributed by atoms with E-state index in [0.717, 1.165) is 0 Å². The molecule has 1 unspecified atom stereocenters. The molecule has 2 saturated carbocycles. The zero-order valence-electron chi connectivity index (χ0n) is 10.1. The van der Waals surface area contributed by atoms with Gasteiger partial charge in [-0.05, 0) is 31.6 Å². The molecule has 0 aliphatic heterocycles. The van der Waals surface area contributed by atoms with Crippen LogP contribution in [0.15, 0.2) is 0 Å². The van der Waals surface area contributed by atoms with Crippen LogP contribution in [0.5, 0.6) is 0 Å². The number of nitrogens with two attached hydrogens (primary N) is 1. The first-order valence-electron chi connectivity index (χ1n) is 6.83. The lowest BCUT2D eigenvalue weighted by Crippen LogP contribution is -2.52. The number of carbonyl (C=O) groups is 1. The molecule has 3 N–H and O–H groups in total. The summed E-state index contributed by atoms with van der Waals surface area (Å²) in [5.74, 6) is 0.370. The molecule has 92 valence electrons. The van der Waals surface area contributed by atoms with Crippen LogP contribution in [0, 0.1) is 5.92 Å². The van der Waals surface area contributed by atoms with Crippen LogP contribution in [-0.4, -0.2) is 18.0 Å². The molecule has 0 spiro atoms. The van der Waals surface area contributed by atoms with E-state index in [1.54, 1.807) is 0 Å². The van der Waals surface area contributed by atoms with Crippen molar-refractivity contribution < 1.29 is 4.79 Å². The van der Waals surface area contributed by atoms with Crippen LogP contribution in [0.3, 0.4) is 0 Å². The molecule has 1 atom stereocenters. The number of hydrogen-bond donors (Lipinski definition) is 2. The first-order chi connectivity index (χ1) is 7.77. The summed E-state index contributed by atoms with van der Waals surface area (Å²) in [4.78, 5) is 11.5. The van der Waals surface area contributed by atoms with Crippen LogP contribution in [0.25, 0.3) is 0 Å². The maximum Gasteiger partial charge on any atom is 0.234 e. The topological polar surface area (TPSA) is 55.1 Å². The average Bonchev–Trinajstić information content (AvgIpc) is 2.42. The summed E-state index contributed by atoms with van der Waals surface area (Å²) in [5.41, 5.74) is 5.50. The van der Waals surface area contributed by atoms with Crippen molar-refractivity contribution in [2.45, 2.75) is 69.9 Å². The second kappa shape index (κ2) is 5.67. The van der Waals surface area contributed by atoms with E-state index in [-0.39, 0.29) is 11.9 Å². The van der Waals surface area contributed by atoms with E-state index in [9.17, 15) is 4.79 Å². The highest BCUT2D eigenvalue weighted by atomic mass is 16.1. The Morgan fingerprint density at radius 1 is 1.00 bits per heavy atom. The molecule has 3 heteroatoms. The maximum atomic E-state index is 11.5. The molecule has 2 fully saturated rings. The minimum Gasteiger partial charge on any atom is -0.368 e. The lowest BCUT2D eigenvalue weighted by Gasteiger charge is -2.34. The Bertz CT molecular complexity index is 230. The first kappa shape index (κ1) is 11.9. The number of amides is 1. The van der Waals surface area contributed by atoms with Gasteiger partial charge in [-0.25, -0.2) is 0 Å². The summed E-state index contributed by atoms with van der Waals surface area (Å²) in [6.07, 6.45) is 11.3. The van der Waals surface area contributed by atoms with E-state index >= 15 is 0 Å². The molecule has 0 aromatic rings. The van der Waals surface area contributed by atoms with Gasteiger partial charge in [0, 0.05) is 6.04 Å². The maximum absolute atomic E-state index is 11.5. The molecule has 0 bridgehead atoms. The van der Waals surface area contributed by atoms with E-state index < -0.39 is 0 Å². The molecule has 1 amide bonds. The molecule has 16 heavy (non-hydrogen) atoms. The van der Waals surface area contributed by atoms with Crippen molar-refractivity contribution in [2.75, 3.05) is 0 Å². The van der Waals surface area contributed by atoms with Gasteiger partial charge in [0.15, 0.2) is 0 Å². The quantitative estimate of drug-likeness (QED) is 0.717. The molecule has 2 aliphatic rings. The van der Waals surface area contributed by atoms with Crippen molar-refractivity contribution in [3.8, 4) is 0 Å². The highest BCUT2D eigenvalue weighted by Crippen LogP contribution is 2.30. The molecule has 2 rings (SSSR count). The van der Waals surface area contributed by atoms with E-state index in [1.165, 1.54) is 57.8 Å². The first-order valence-corrected chi connectivity index (χ1v) is 6.83. The van der Waals surface area contributed by atoms with Crippen LogP contribution < -0.4 is 11.1 Å². The van der Waals surface area contributed by atoms with Crippen molar-refractivity contribution in [2.24, 2.45) is 11.7 Å². The molecule has 0 radical (unpaired) electrons. The molecule has 3 nitrogen and oxygen atoms in total. The third-order valence-corrected chi connectivity index (χ3v) is 4.20. The van der Waals surface area contributed by atoms with Crippen LogP contribution in [0.4, 0.5) is 0 Å². The molecular weight excluding hydrogens is 200 g/mol. The van der Waals surface area contributed by atoms with E-state index in [4.69, 9.17) is 5.73 Å². The van der Waals surface area contributed by atoms with Crippen molar-refractivity contribution in [3.05, 3.63) is 0 Å². The minimum atomic E-state index is -0.144. The molecule has 0 saturated heterocycles. The van der Waals surface area contributed by atoms with Gasteiger partial charge in [-0.2, -0.15) is 0 Å². The number of nitrogens with one attached hydrogen (secondary N) is 1. The zero-order valence-corrected chi connectivity index (χ0v) is 10.1. The SMILES string of the molecule is NC(=O)C(NC1CCCCCC1)C1CCC1. The Labute approximate surface area is 98.2 Å². The lowest BCUT2D eigenvalue weighted by atomic mass is 9.79. The van der Waals surface area contributed by atoms with Crippen molar-refractivity contribution >= 4 is 5.91 Å². The van der Waals surface area contributed by atoms with Gasteiger partial charge in [-0.3, -0.25) is 4.79 Å². The number of rotatable bonds is 4. The molecular formula is C13H24N2O. The van der Waals surface area contributed by atoms with Crippen molar-refractivity contribution in [1.82, 2.24) is 5.32 Å². The van der Waals surface area contributed by atoms with Crippen molar-refractivity contribution in [3.63, 3.8) is 0 Å². The lowest BCUT2D eigenvalue weighted by molar-refractivity contribution is -0.122. The number of primary amides is 1. The third kappa shape index (κ3) is 2.97. The normalized spacial score (nSPS) is 25.8. The van der Waals surface area contributed by atoms with Gasteiger partial charge in [0.25, 0.3) is 0 Å². The molecule has 0 aromatic heterocycles. The fourth-order valence-electron chi connectivity index (χ4n) is 2.92. The van der Waals surface area contributed by atoms with Crippen LogP contribution >= 0.6 is 0 Å². The van der Waals surface area contributed by atoms with Gasteiger partial charge < -0.3 is 11.1 Å². The molecule has 0 aromatic carbocycles. The van der Waals surface area contributed by atoms with Gasteiger partial charge >= 0.3 is 0 Å². The van der Waals surface area contributed by atoms with E-state index in [1.807, 2.05) is 0 Å². The Morgan fingerprint density at radius 3 is 2.06 bits per heavy atom. The van der Waals surface area contributed by atoms with Gasteiger partial charge in [0.1, 0.15) is 0 Å². The minimum absolute atomic E-state index is 0.0585. The van der Waals surface area contributed by atoms with Gasteiger partial charge in [-0.15, -0.1) is 0 Å². The smallest absolute Gasteiger partial charge is 0.234 e. The highest BCUT2D eigenvalue weighted by Gasteiger charge is 2.32. The largest absolute Gasteiger partial charge is 0.368 e. The predicted molar refractivity (Wildman–Crippen MR) is 64.9 cm³/mol. The Hall–Kier alpha value is -0.570. The Morgan fingerprint density at radius 2 is 1.62 bits per heavy atom.